The highest BCUT2D eigenvalue weighted by molar-refractivity contribution is 5.79. The Labute approximate surface area is 97.4 Å². The molecular formula is C13H22N2O. The third-order valence-electron chi connectivity index (χ3n) is 4.60. The minimum atomic E-state index is 0.198. The van der Waals surface area contributed by atoms with Crippen molar-refractivity contribution in [1.82, 2.24) is 4.90 Å². The molecule has 0 aromatic heterocycles. The smallest absolute Gasteiger partial charge is 0.225 e. The number of carbonyl (C=O) groups is 1. The Morgan fingerprint density at radius 3 is 2.44 bits per heavy atom. The van der Waals surface area contributed by atoms with Crippen LogP contribution in [-0.2, 0) is 4.79 Å². The maximum absolute atomic E-state index is 12.3. The van der Waals surface area contributed by atoms with Crippen molar-refractivity contribution in [2.45, 2.75) is 38.6 Å². The molecule has 0 aromatic carbocycles. The van der Waals surface area contributed by atoms with Gasteiger partial charge in [-0.15, -0.1) is 0 Å². The fraction of sp³-hybridized carbons (Fsp3) is 0.923. The highest BCUT2D eigenvalue weighted by Crippen LogP contribution is 2.54. The van der Waals surface area contributed by atoms with E-state index in [9.17, 15) is 4.79 Å². The topological polar surface area (TPSA) is 46.3 Å². The van der Waals surface area contributed by atoms with E-state index in [1.165, 1.54) is 6.42 Å². The fourth-order valence-corrected chi connectivity index (χ4v) is 3.75. The number of fused-ring (bicyclic) bond motifs is 1. The molecule has 0 radical (unpaired) electrons. The molecule has 4 unspecified atom stereocenters. The molecule has 16 heavy (non-hydrogen) atoms. The molecule has 1 amide bonds. The minimum Gasteiger partial charge on any atom is -0.341 e. The second kappa shape index (κ2) is 3.73. The lowest BCUT2D eigenvalue weighted by atomic mass is 9.94. The Balaban J connectivity index is 1.61. The Kier molecular flexibility index (Phi) is 2.46. The standard InChI is InChI=1S/C13H22N2O/c1-8-2-12(14)7-15(6-8)13(16)11-4-9-3-10(9)5-11/h8-12H,2-7,14H2,1H3. The number of nitrogens with two attached hydrogens (primary N) is 1. The molecule has 1 heterocycles. The van der Waals surface area contributed by atoms with E-state index in [2.05, 4.69) is 6.92 Å². The summed E-state index contributed by atoms with van der Waals surface area (Å²) in [7, 11) is 0. The highest BCUT2D eigenvalue weighted by atomic mass is 16.2. The van der Waals surface area contributed by atoms with E-state index in [4.69, 9.17) is 5.73 Å². The van der Waals surface area contributed by atoms with Crippen molar-refractivity contribution in [3.63, 3.8) is 0 Å². The number of hydrogen-bond donors (Lipinski definition) is 1. The third kappa shape index (κ3) is 1.86. The van der Waals surface area contributed by atoms with Crippen molar-refractivity contribution in [1.29, 1.82) is 0 Å². The quantitative estimate of drug-likeness (QED) is 0.725. The van der Waals surface area contributed by atoms with Gasteiger partial charge in [0.1, 0.15) is 0 Å². The van der Waals surface area contributed by atoms with Gasteiger partial charge in [0.25, 0.3) is 0 Å². The highest BCUT2D eigenvalue weighted by Gasteiger charge is 2.49. The molecule has 2 saturated carbocycles. The summed E-state index contributed by atoms with van der Waals surface area (Å²) < 4.78 is 0. The van der Waals surface area contributed by atoms with E-state index < -0.39 is 0 Å². The third-order valence-corrected chi connectivity index (χ3v) is 4.60. The first-order valence-corrected chi connectivity index (χ1v) is 6.68. The summed E-state index contributed by atoms with van der Waals surface area (Å²) in [4.78, 5) is 14.4. The van der Waals surface area contributed by atoms with Crippen molar-refractivity contribution < 1.29 is 4.79 Å². The summed E-state index contributed by atoms with van der Waals surface area (Å²) >= 11 is 0. The average molecular weight is 222 g/mol. The van der Waals surface area contributed by atoms with Crippen molar-refractivity contribution in [3.8, 4) is 0 Å². The van der Waals surface area contributed by atoms with Crippen molar-refractivity contribution >= 4 is 5.91 Å². The van der Waals surface area contributed by atoms with Crippen LogP contribution < -0.4 is 5.73 Å². The van der Waals surface area contributed by atoms with E-state index in [1.807, 2.05) is 4.90 Å². The van der Waals surface area contributed by atoms with Crippen LogP contribution in [0.3, 0.4) is 0 Å². The van der Waals surface area contributed by atoms with Crippen LogP contribution >= 0.6 is 0 Å². The molecule has 3 fully saturated rings. The van der Waals surface area contributed by atoms with Crippen LogP contribution in [0.5, 0.6) is 0 Å². The second-order valence-corrected chi connectivity index (χ2v) is 6.27. The van der Waals surface area contributed by atoms with Gasteiger partial charge in [-0.1, -0.05) is 6.92 Å². The summed E-state index contributed by atoms with van der Waals surface area (Å²) in [6.07, 6.45) is 4.77. The molecule has 0 bridgehead atoms. The van der Waals surface area contributed by atoms with Gasteiger partial charge in [-0.25, -0.2) is 0 Å². The number of carbonyl (C=O) groups excluding carboxylic acids is 1. The molecule has 2 aliphatic carbocycles. The number of hydrogen-bond acceptors (Lipinski definition) is 2. The lowest BCUT2D eigenvalue weighted by Crippen LogP contribution is -2.50. The molecule has 0 spiro atoms. The SMILES string of the molecule is CC1CC(N)CN(C(=O)C2CC3CC3C2)C1. The lowest BCUT2D eigenvalue weighted by Gasteiger charge is -2.36. The number of likely N-dealkylation sites (tertiary alicyclic amines) is 1. The predicted octanol–water partition coefficient (Wildman–Crippen LogP) is 1.23. The van der Waals surface area contributed by atoms with Gasteiger partial charge in [-0.05, 0) is 43.4 Å². The predicted molar refractivity (Wildman–Crippen MR) is 62.7 cm³/mol. The molecule has 90 valence electrons. The van der Waals surface area contributed by atoms with Gasteiger partial charge >= 0.3 is 0 Å². The van der Waals surface area contributed by atoms with Crippen LogP contribution in [0.1, 0.15) is 32.6 Å². The summed E-state index contributed by atoms with van der Waals surface area (Å²) in [5.41, 5.74) is 5.99. The van der Waals surface area contributed by atoms with Crippen LogP contribution in [0.25, 0.3) is 0 Å². The van der Waals surface area contributed by atoms with E-state index >= 15 is 0 Å². The average Bonchev–Trinajstić information content (AvgIpc) is 2.83. The molecule has 0 aromatic rings. The van der Waals surface area contributed by atoms with Crippen molar-refractivity contribution in [3.05, 3.63) is 0 Å². The zero-order valence-electron chi connectivity index (χ0n) is 10.1. The van der Waals surface area contributed by atoms with E-state index in [0.29, 0.717) is 17.7 Å². The molecule has 3 aliphatic rings. The first kappa shape index (κ1) is 10.6. The van der Waals surface area contributed by atoms with Gasteiger partial charge in [0, 0.05) is 25.0 Å². The maximum Gasteiger partial charge on any atom is 0.225 e. The lowest BCUT2D eigenvalue weighted by molar-refractivity contribution is -0.137. The zero-order chi connectivity index (χ0) is 11.3. The summed E-state index contributed by atoms with van der Waals surface area (Å²) in [5, 5.41) is 0. The molecule has 2 N–H and O–H groups in total. The van der Waals surface area contributed by atoms with Crippen LogP contribution in [0.4, 0.5) is 0 Å². The molecule has 3 rings (SSSR count). The van der Waals surface area contributed by atoms with Gasteiger partial charge in [0.2, 0.25) is 5.91 Å². The van der Waals surface area contributed by atoms with Crippen molar-refractivity contribution in [2.75, 3.05) is 13.1 Å². The van der Waals surface area contributed by atoms with Gasteiger partial charge < -0.3 is 10.6 Å². The van der Waals surface area contributed by atoms with Crippen LogP contribution in [0, 0.1) is 23.7 Å². The Hall–Kier alpha value is -0.570. The number of rotatable bonds is 1. The monoisotopic (exact) mass is 222 g/mol. The number of amides is 1. The Morgan fingerprint density at radius 1 is 1.12 bits per heavy atom. The minimum absolute atomic E-state index is 0.198. The van der Waals surface area contributed by atoms with Gasteiger partial charge in [0.05, 0.1) is 0 Å². The van der Waals surface area contributed by atoms with Gasteiger partial charge in [-0.2, -0.15) is 0 Å². The number of piperidine rings is 1. The van der Waals surface area contributed by atoms with Crippen LogP contribution in [-0.4, -0.2) is 29.9 Å². The molecular weight excluding hydrogens is 200 g/mol. The normalized spacial score (nSPS) is 46.6. The number of nitrogens with zero attached hydrogens (tertiary/aromatic N) is 1. The summed E-state index contributed by atoms with van der Waals surface area (Å²) in [6, 6.07) is 0.198. The first-order chi connectivity index (χ1) is 7.63. The second-order valence-electron chi connectivity index (χ2n) is 6.27. The van der Waals surface area contributed by atoms with E-state index in [-0.39, 0.29) is 6.04 Å². The van der Waals surface area contributed by atoms with Crippen molar-refractivity contribution in [2.24, 2.45) is 29.4 Å². The summed E-state index contributed by atoms with van der Waals surface area (Å²) in [6.45, 7) is 3.92. The Morgan fingerprint density at radius 2 is 1.81 bits per heavy atom. The molecule has 3 nitrogen and oxygen atoms in total. The van der Waals surface area contributed by atoms with E-state index in [1.54, 1.807) is 0 Å². The molecule has 3 heteroatoms. The largest absolute Gasteiger partial charge is 0.341 e. The first-order valence-electron chi connectivity index (χ1n) is 6.68. The van der Waals surface area contributed by atoms with Crippen LogP contribution in [0.15, 0.2) is 0 Å². The fourth-order valence-electron chi connectivity index (χ4n) is 3.75. The molecule has 4 atom stereocenters. The van der Waals surface area contributed by atoms with E-state index in [0.717, 1.165) is 44.2 Å². The maximum atomic E-state index is 12.3. The van der Waals surface area contributed by atoms with Crippen LogP contribution in [0.2, 0.25) is 0 Å². The Bertz CT molecular complexity index is 284. The summed E-state index contributed by atoms with van der Waals surface area (Å²) in [5.74, 6) is 3.09. The zero-order valence-corrected chi connectivity index (χ0v) is 10.1. The van der Waals surface area contributed by atoms with Gasteiger partial charge in [0.15, 0.2) is 0 Å². The van der Waals surface area contributed by atoms with Gasteiger partial charge in [-0.3, -0.25) is 4.79 Å². The molecule has 1 saturated heterocycles. The molecule has 1 aliphatic heterocycles.